The Bertz CT molecular complexity index is 1230. The fraction of sp³-hybridized carbons (Fsp3) is 0.0714. The lowest BCUT2D eigenvalue weighted by Crippen LogP contribution is -1.92. The second kappa shape index (κ2) is 8.22. The average Bonchev–Trinajstić information content (AvgIpc) is 2.83. The first-order chi connectivity index (χ1) is 14.8. The van der Waals surface area contributed by atoms with Gasteiger partial charge in [-0.1, -0.05) is 97.1 Å². The van der Waals surface area contributed by atoms with Crippen LogP contribution in [0.4, 0.5) is 0 Å². The largest absolute Gasteiger partial charge is 0.128 e. The van der Waals surface area contributed by atoms with E-state index >= 15 is 0 Å². The first-order valence-electron chi connectivity index (χ1n) is 10.0. The van der Waals surface area contributed by atoms with Crippen LogP contribution in [0, 0.1) is 0 Å². The summed E-state index contributed by atoms with van der Waals surface area (Å²) in [6.07, 6.45) is 4.40. The van der Waals surface area contributed by atoms with Gasteiger partial charge in [-0.15, -0.1) is 23.5 Å². The molecule has 0 amide bonds. The Morgan fingerprint density at radius 2 is 0.833 bits per heavy atom. The molecule has 0 aliphatic carbocycles. The Balaban J connectivity index is 1.98. The second-order valence-electron chi connectivity index (χ2n) is 7.25. The smallest absolute Gasteiger partial charge is 0.0297 e. The summed E-state index contributed by atoms with van der Waals surface area (Å²) < 4.78 is 0. The highest BCUT2D eigenvalue weighted by atomic mass is 32.2. The third-order valence-corrected chi connectivity index (χ3v) is 7.42. The summed E-state index contributed by atoms with van der Waals surface area (Å²) in [6, 6.07) is 35.0. The molecule has 0 fully saturated rings. The van der Waals surface area contributed by atoms with Crippen LogP contribution in [-0.2, 0) is 0 Å². The minimum absolute atomic E-state index is 1.27. The lowest BCUT2D eigenvalue weighted by Gasteiger charge is -2.20. The molecule has 30 heavy (non-hydrogen) atoms. The lowest BCUT2D eigenvalue weighted by atomic mass is 9.91. The number of rotatable bonds is 4. The fourth-order valence-electron chi connectivity index (χ4n) is 4.38. The van der Waals surface area contributed by atoms with Gasteiger partial charge in [-0.05, 0) is 45.5 Å². The van der Waals surface area contributed by atoms with E-state index in [1.165, 1.54) is 53.6 Å². The minimum Gasteiger partial charge on any atom is -0.128 e. The summed E-state index contributed by atoms with van der Waals surface area (Å²) in [5, 5.41) is 5.37. The van der Waals surface area contributed by atoms with Crippen LogP contribution in [0.25, 0.3) is 43.8 Å². The molecule has 0 saturated heterocycles. The molecule has 0 heterocycles. The molecule has 0 aromatic heterocycles. The molecule has 0 nitrogen and oxygen atoms in total. The van der Waals surface area contributed by atoms with Crippen molar-refractivity contribution in [2.75, 3.05) is 12.5 Å². The zero-order valence-corrected chi connectivity index (χ0v) is 18.7. The van der Waals surface area contributed by atoms with Crippen molar-refractivity contribution in [3.63, 3.8) is 0 Å². The molecular formula is C28H22S2. The topological polar surface area (TPSA) is 0 Å². The number of fused-ring (bicyclic) bond motifs is 3. The van der Waals surface area contributed by atoms with Crippen LogP contribution in [0.2, 0.25) is 0 Å². The summed E-state index contributed by atoms with van der Waals surface area (Å²) in [5.74, 6) is 0. The molecule has 5 aromatic carbocycles. The Hall–Kier alpha value is -2.68. The maximum atomic E-state index is 2.28. The zero-order chi connectivity index (χ0) is 20.5. The van der Waals surface area contributed by atoms with Gasteiger partial charge in [0.25, 0.3) is 0 Å². The van der Waals surface area contributed by atoms with Crippen molar-refractivity contribution in [3.05, 3.63) is 97.1 Å². The summed E-state index contributed by atoms with van der Waals surface area (Å²) in [7, 11) is 0. The van der Waals surface area contributed by atoms with Crippen LogP contribution in [0.5, 0.6) is 0 Å². The van der Waals surface area contributed by atoms with E-state index in [1.807, 2.05) is 23.5 Å². The minimum atomic E-state index is 1.27. The summed E-state index contributed by atoms with van der Waals surface area (Å²) in [4.78, 5) is 2.74. The van der Waals surface area contributed by atoms with E-state index in [2.05, 4.69) is 110 Å². The van der Waals surface area contributed by atoms with Gasteiger partial charge in [0.05, 0.1) is 0 Å². The number of hydrogen-bond donors (Lipinski definition) is 0. The van der Waals surface area contributed by atoms with Crippen LogP contribution < -0.4 is 0 Å². The molecule has 5 aromatic rings. The third-order valence-electron chi connectivity index (χ3n) is 5.66. The predicted octanol–water partition coefficient (Wildman–Crippen LogP) is 8.77. The van der Waals surface area contributed by atoms with Crippen LogP contribution in [0.15, 0.2) is 107 Å². The maximum absolute atomic E-state index is 2.28. The molecule has 0 spiro atoms. The molecule has 5 rings (SSSR count). The van der Waals surface area contributed by atoms with Gasteiger partial charge in [-0.3, -0.25) is 0 Å². The number of thioether (sulfide) groups is 2. The van der Waals surface area contributed by atoms with Gasteiger partial charge in [-0.25, -0.2) is 0 Å². The highest BCUT2D eigenvalue weighted by molar-refractivity contribution is 8.02. The molecule has 0 N–H and O–H groups in total. The van der Waals surface area contributed by atoms with E-state index in [4.69, 9.17) is 0 Å². The molecule has 2 heteroatoms. The average molecular weight is 423 g/mol. The van der Waals surface area contributed by atoms with Crippen molar-refractivity contribution >= 4 is 45.1 Å². The van der Waals surface area contributed by atoms with E-state index in [-0.39, 0.29) is 0 Å². The molecule has 0 radical (unpaired) electrons. The van der Waals surface area contributed by atoms with Gasteiger partial charge < -0.3 is 0 Å². The summed E-state index contributed by atoms with van der Waals surface area (Å²) in [5.41, 5.74) is 5.15. The van der Waals surface area contributed by atoms with Gasteiger partial charge in [0, 0.05) is 20.6 Å². The van der Waals surface area contributed by atoms with Gasteiger partial charge in [0.15, 0.2) is 0 Å². The van der Waals surface area contributed by atoms with Crippen LogP contribution in [0.3, 0.4) is 0 Å². The van der Waals surface area contributed by atoms with Crippen molar-refractivity contribution in [2.24, 2.45) is 0 Å². The fourth-order valence-corrected chi connectivity index (χ4v) is 6.30. The molecule has 0 bridgehead atoms. The maximum Gasteiger partial charge on any atom is 0.0297 e. The molecular weight excluding hydrogens is 400 g/mol. The number of benzene rings is 5. The highest BCUT2D eigenvalue weighted by Gasteiger charge is 2.19. The van der Waals surface area contributed by atoms with Crippen LogP contribution in [-0.4, -0.2) is 12.5 Å². The van der Waals surface area contributed by atoms with E-state index in [9.17, 15) is 0 Å². The lowest BCUT2D eigenvalue weighted by molar-refractivity contribution is 1.36. The Labute approximate surface area is 186 Å². The van der Waals surface area contributed by atoms with Crippen molar-refractivity contribution in [1.29, 1.82) is 0 Å². The van der Waals surface area contributed by atoms with Crippen molar-refractivity contribution in [2.45, 2.75) is 9.79 Å². The quantitative estimate of drug-likeness (QED) is 0.210. The van der Waals surface area contributed by atoms with Gasteiger partial charge >= 0.3 is 0 Å². The Kier molecular flexibility index (Phi) is 5.28. The summed E-state index contributed by atoms with van der Waals surface area (Å²) in [6.45, 7) is 0. The van der Waals surface area contributed by atoms with E-state index in [0.717, 1.165) is 0 Å². The van der Waals surface area contributed by atoms with Crippen molar-refractivity contribution in [3.8, 4) is 22.3 Å². The highest BCUT2D eigenvalue weighted by Crippen LogP contribution is 2.48. The molecule has 146 valence electrons. The zero-order valence-electron chi connectivity index (χ0n) is 17.1. The molecule has 0 atom stereocenters. The third kappa shape index (κ3) is 3.12. The number of hydrogen-bond acceptors (Lipinski definition) is 2. The first-order valence-corrected chi connectivity index (χ1v) is 12.5. The predicted molar refractivity (Wildman–Crippen MR) is 136 cm³/mol. The monoisotopic (exact) mass is 422 g/mol. The van der Waals surface area contributed by atoms with E-state index in [1.54, 1.807) is 0 Å². The normalized spacial score (nSPS) is 11.3. The van der Waals surface area contributed by atoms with Gasteiger partial charge in [-0.2, -0.15) is 0 Å². The molecule has 0 saturated carbocycles. The van der Waals surface area contributed by atoms with Crippen molar-refractivity contribution in [1.82, 2.24) is 0 Å². The molecule has 0 aliphatic rings. The van der Waals surface area contributed by atoms with Gasteiger partial charge in [0.1, 0.15) is 0 Å². The Morgan fingerprint density at radius 3 is 1.20 bits per heavy atom. The summed E-state index contributed by atoms with van der Waals surface area (Å²) >= 11 is 3.71. The van der Waals surface area contributed by atoms with Gasteiger partial charge in [0.2, 0.25) is 0 Å². The first kappa shape index (κ1) is 19.3. The van der Waals surface area contributed by atoms with Crippen LogP contribution >= 0.6 is 23.5 Å². The molecule has 0 aliphatic heterocycles. The van der Waals surface area contributed by atoms with Crippen molar-refractivity contribution < 1.29 is 0 Å². The Morgan fingerprint density at radius 1 is 0.433 bits per heavy atom. The van der Waals surface area contributed by atoms with E-state index in [0.29, 0.717) is 0 Å². The second-order valence-corrected chi connectivity index (χ2v) is 8.89. The van der Waals surface area contributed by atoms with E-state index < -0.39 is 0 Å². The molecule has 0 unspecified atom stereocenters. The van der Waals surface area contributed by atoms with Crippen LogP contribution in [0.1, 0.15) is 0 Å². The SMILES string of the molecule is CSc1c(SC)c2c(-c3ccccc3)cccc2c2cccc(-c3ccccc3)c12. The standard InChI is InChI=1S/C28H22S2/c1-29-27-25-21(19-11-5-3-6-12-19)15-9-17-23(25)24-18-10-16-22(26(24)28(27)30-2)20-13-7-4-8-14-20/h3-18H,1-2H3.